The number of carbonyl (C=O) groups excluding carboxylic acids is 2. The zero-order chi connectivity index (χ0) is 30.5. The lowest BCUT2D eigenvalue weighted by atomic mass is 10.0. The lowest BCUT2D eigenvalue weighted by Gasteiger charge is -2.39. The van der Waals surface area contributed by atoms with Gasteiger partial charge in [-0.1, -0.05) is 5.21 Å². The summed E-state index contributed by atoms with van der Waals surface area (Å²) in [6, 6.07) is 11.3. The zero-order valence-corrected chi connectivity index (χ0v) is 24.8. The summed E-state index contributed by atoms with van der Waals surface area (Å²) >= 11 is 0. The lowest BCUT2D eigenvalue weighted by Crippen LogP contribution is -2.53. The second-order valence-electron chi connectivity index (χ2n) is 11.9. The summed E-state index contributed by atoms with van der Waals surface area (Å²) in [4.78, 5) is 39.6. The third-order valence-corrected chi connectivity index (χ3v) is 7.49. The van der Waals surface area contributed by atoms with Crippen LogP contribution in [-0.2, 0) is 11.8 Å². The Morgan fingerprint density at radius 2 is 1.93 bits per heavy atom. The minimum Gasteiger partial charge on any atom is -0.444 e. The highest BCUT2D eigenvalue weighted by molar-refractivity contribution is 6.10. The number of halogens is 1. The Hall–Kier alpha value is -4.87. The molecular weight excluding hydrogens is 551 g/mol. The number of aryl methyl sites for hydroxylation is 2. The van der Waals surface area contributed by atoms with E-state index in [1.165, 1.54) is 21.7 Å². The van der Waals surface area contributed by atoms with Crippen molar-refractivity contribution in [3.8, 4) is 5.69 Å². The number of piperidine rings is 1. The van der Waals surface area contributed by atoms with Crippen LogP contribution in [0.1, 0.15) is 49.7 Å². The van der Waals surface area contributed by atoms with Gasteiger partial charge in [-0.15, -0.1) is 5.10 Å². The molecule has 11 nitrogen and oxygen atoms in total. The first kappa shape index (κ1) is 28.3. The number of pyridine rings is 2. The van der Waals surface area contributed by atoms with E-state index in [0.29, 0.717) is 42.1 Å². The number of likely N-dealkylation sites (tertiary alicyclic amines) is 1. The first-order valence-corrected chi connectivity index (χ1v) is 14.2. The zero-order valence-electron chi connectivity index (χ0n) is 24.8. The van der Waals surface area contributed by atoms with Crippen LogP contribution in [0.4, 0.5) is 15.0 Å². The summed E-state index contributed by atoms with van der Waals surface area (Å²) in [5, 5.41) is 9.16. The van der Waals surface area contributed by atoms with Crippen molar-refractivity contribution in [2.24, 2.45) is 7.05 Å². The summed E-state index contributed by atoms with van der Waals surface area (Å²) < 4.78 is 24.9. The number of fused-ring (bicyclic) bond motifs is 2. The molecule has 4 aromatic heterocycles. The molecule has 0 spiro atoms. The molecule has 222 valence electrons. The number of aromatic nitrogens is 6. The quantitative estimate of drug-likeness (QED) is 0.286. The van der Waals surface area contributed by atoms with Crippen molar-refractivity contribution >= 4 is 39.9 Å². The number of ether oxygens (including phenoxy) is 1. The maximum atomic E-state index is 15.9. The van der Waals surface area contributed by atoms with Crippen molar-refractivity contribution in [2.45, 2.75) is 52.2 Å². The summed E-state index contributed by atoms with van der Waals surface area (Å²) in [5.74, 6) is -0.877. The van der Waals surface area contributed by atoms with Crippen molar-refractivity contribution in [3.05, 3.63) is 71.9 Å². The van der Waals surface area contributed by atoms with Gasteiger partial charge in [-0.05, 0) is 76.9 Å². The maximum Gasteiger partial charge on any atom is 0.410 e. The minimum absolute atomic E-state index is 0.125. The second kappa shape index (κ2) is 10.8. The molecule has 1 aliphatic heterocycles. The number of hydrogen-bond donors (Lipinski definition) is 0. The van der Waals surface area contributed by atoms with Crippen LogP contribution in [0.25, 0.3) is 27.8 Å². The highest BCUT2D eigenvalue weighted by Crippen LogP contribution is 2.32. The summed E-state index contributed by atoms with van der Waals surface area (Å²) in [7, 11) is 1.87. The second-order valence-corrected chi connectivity index (χ2v) is 11.9. The molecule has 1 atom stereocenters. The van der Waals surface area contributed by atoms with E-state index in [-0.39, 0.29) is 12.1 Å². The Morgan fingerprint density at radius 1 is 1.12 bits per heavy atom. The molecule has 5 heterocycles. The normalized spacial score (nSPS) is 15.7. The number of amides is 2. The molecule has 0 N–H and O–H groups in total. The van der Waals surface area contributed by atoms with Crippen molar-refractivity contribution in [3.63, 3.8) is 0 Å². The van der Waals surface area contributed by atoms with Crippen LogP contribution < -0.4 is 4.90 Å². The molecule has 1 fully saturated rings. The maximum absolute atomic E-state index is 15.9. The summed E-state index contributed by atoms with van der Waals surface area (Å²) in [6.07, 6.45) is 4.32. The third-order valence-electron chi connectivity index (χ3n) is 7.49. The van der Waals surface area contributed by atoms with Gasteiger partial charge < -0.3 is 14.2 Å². The van der Waals surface area contributed by atoms with E-state index in [9.17, 15) is 9.59 Å². The van der Waals surface area contributed by atoms with E-state index in [1.807, 2.05) is 63.7 Å². The Bertz CT molecular complexity index is 1860. The Balaban J connectivity index is 1.40. The van der Waals surface area contributed by atoms with Crippen LogP contribution in [0.3, 0.4) is 0 Å². The molecule has 6 rings (SSSR count). The van der Waals surface area contributed by atoms with Crippen LogP contribution in [-0.4, -0.2) is 71.2 Å². The van der Waals surface area contributed by atoms with E-state index < -0.39 is 29.5 Å². The molecule has 0 unspecified atom stereocenters. The summed E-state index contributed by atoms with van der Waals surface area (Å²) in [6.45, 7) is 8.01. The molecule has 0 bridgehead atoms. The van der Waals surface area contributed by atoms with Gasteiger partial charge in [0.15, 0.2) is 11.5 Å². The topological polar surface area (TPSA) is 111 Å². The molecular formula is C31H33FN8O3. The lowest BCUT2D eigenvalue weighted by molar-refractivity contribution is 0.0196. The van der Waals surface area contributed by atoms with Crippen molar-refractivity contribution in [1.82, 2.24) is 34.4 Å². The van der Waals surface area contributed by atoms with Crippen LogP contribution in [0.5, 0.6) is 0 Å². The number of hydrogen-bond acceptors (Lipinski definition) is 7. The van der Waals surface area contributed by atoms with Crippen LogP contribution in [0, 0.1) is 12.7 Å². The first-order valence-electron chi connectivity index (χ1n) is 14.2. The van der Waals surface area contributed by atoms with Gasteiger partial charge in [0.2, 0.25) is 0 Å². The monoisotopic (exact) mass is 584 g/mol. The fraction of sp³-hybridized carbons (Fsp3) is 0.355. The SMILES string of the molecule is Cc1ccc2nnn(-c3ccc(C(=O)N(c4nccc5ccn(C)c45)[C@@H]4CCCN(C(=O)OC(C)(C)C)C4)c(F)c3)c2n1. The van der Waals surface area contributed by atoms with E-state index in [4.69, 9.17) is 4.74 Å². The standard InChI is InChI=1S/C31H33FN8O3/c1-19-8-11-25-27(34-19)40(36-35-25)21-9-10-23(24(32)17-21)29(41)39(28-26-20(12-14-33-28)13-16-37(26)5)22-7-6-15-38(18-22)30(42)43-31(2,3)4/h8-14,16-17,22H,6-7,15,18H2,1-5H3/t22-/m1/s1. The first-order chi connectivity index (χ1) is 20.5. The summed E-state index contributed by atoms with van der Waals surface area (Å²) in [5.41, 5.74) is 2.17. The fourth-order valence-corrected chi connectivity index (χ4v) is 5.51. The highest BCUT2D eigenvalue weighted by Gasteiger charge is 2.36. The molecule has 0 aliphatic carbocycles. The molecule has 5 aromatic rings. The van der Waals surface area contributed by atoms with E-state index in [0.717, 1.165) is 16.6 Å². The average molecular weight is 585 g/mol. The largest absolute Gasteiger partial charge is 0.444 e. The van der Waals surface area contributed by atoms with Gasteiger partial charge in [-0.3, -0.25) is 9.69 Å². The Labute approximate surface area is 247 Å². The number of nitrogens with zero attached hydrogens (tertiary/aromatic N) is 8. The van der Waals surface area contributed by atoms with Crippen LogP contribution in [0.2, 0.25) is 0 Å². The van der Waals surface area contributed by atoms with Gasteiger partial charge in [0.05, 0.1) is 22.8 Å². The fourth-order valence-electron chi connectivity index (χ4n) is 5.51. The Morgan fingerprint density at radius 3 is 2.70 bits per heavy atom. The molecule has 0 saturated carbocycles. The van der Waals surface area contributed by atoms with Gasteiger partial charge in [-0.2, -0.15) is 4.68 Å². The van der Waals surface area contributed by atoms with Gasteiger partial charge in [0.1, 0.15) is 16.9 Å². The van der Waals surface area contributed by atoms with Crippen LogP contribution >= 0.6 is 0 Å². The van der Waals surface area contributed by atoms with Crippen molar-refractivity contribution in [2.75, 3.05) is 18.0 Å². The molecule has 43 heavy (non-hydrogen) atoms. The molecule has 0 radical (unpaired) electrons. The number of carbonyl (C=O) groups is 2. The van der Waals surface area contributed by atoms with E-state index >= 15 is 4.39 Å². The molecule has 1 aromatic carbocycles. The van der Waals surface area contributed by atoms with E-state index in [1.54, 1.807) is 23.2 Å². The average Bonchev–Trinajstić information content (AvgIpc) is 3.56. The molecule has 2 amide bonds. The van der Waals surface area contributed by atoms with E-state index in [2.05, 4.69) is 20.3 Å². The van der Waals surface area contributed by atoms with Gasteiger partial charge in [0.25, 0.3) is 5.91 Å². The van der Waals surface area contributed by atoms with Crippen LogP contribution in [0.15, 0.2) is 54.9 Å². The molecule has 1 saturated heterocycles. The third kappa shape index (κ3) is 5.40. The predicted octanol–water partition coefficient (Wildman–Crippen LogP) is 5.20. The smallest absolute Gasteiger partial charge is 0.410 e. The van der Waals surface area contributed by atoms with Gasteiger partial charge in [-0.25, -0.2) is 19.2 Å². The predicted molar refractivity (Wildman–Crippen MR) is 160 cm³/mol. The molecule has 1 aliphatic rings. The number of anilines is 1. The number of benzene rings is 1. The molecule has 12 heteroatoms. The van der Waals surface area contributed by atoms with Gasteiger partial charge in [0, 0.05) is 49.7 Å². The van der Waals surface area contributed by atoms with Crippen molar-refractivity contribution in [1.29, 1.82) is 0 Å². The minimum atomic E-state index is -0.720. The highest BCUT2D eigenvalue weighted by atomic mass is 19.1. The van der Waals surface area contributed by atoms with Crippen molar-refractivity contribution < 1.29 is 18.7 Å². The Kier molecular flexibility index (Phi) is 7.07. The number of rotatable bonds is 4. The van der Waals surface area contributed by atoms with Gasteiger partial charge >= 0.3 is 6.09 Å².